The maximum atomic E-state index is 12.0. The molecule has 1 heterocycles. The quantitative estimate of drug-likeness (QED) is 0.859. The number of carbonyl (C=O) groups is 1. The Hall–Kier alpha value is -1.56. The van der Waals surface area contributed by atoms with Crippen molar-refractivity contribution in [3.05, 3.63) is 35.4 Å². The zero-order valence-corrected chi connectivity index (χ0v) is 11.9. The Morgan fingerprint density at radius 3 is 2.70 bits per heavy atom. The van der Waals surface area contributed by atoms with Gasteiger partial charge in [-0.15, -0.1) is 0 Å². The Kier molecular flexibility index (Phi) is 3.41. The highest BCUT2D eigenvalue weighted by molar-refractivity contribution is 7.91. The van der Waals surface area contributed by atoms with E-state index in [1.54, 1.807) is 0 Å². The standard InChI is InChI=1S/C14H18N2O3S/c17-14(15-11-7-8-20(18,19)9-11)16-13-6-5-10-3-1-2-4-12(10)13/h1-4,11,13H,5-9H2,(H2,15,16,17). The van der Waals surface area contributed by atoms with Gasteiger partial charge in [0.25, 0.3) is 0 Å². The van der Waals surface area contributed by atoms with E-state index in [4.69, 9.17) is 0 Å². The number of hydrogen-bond acceptors (Lipinski definition) is 3. The molecule has 2 aliphatic rings. The fourth-order valence-electron chi connectivity index (χ4n) is 3.00. The fraction of sp³-hybridized carbons (Fsp3) is 0.500. The van der Waals surface area contributed by atoms with Gasteiger partial charge in [0.1, 0.15) is 0 Å². The first-order valence-corrected chi connectivity index (χ1v) is 8.71. The predicted molar refractivity (Wildman–Crippen MR) is 76.2 cm³/mol. The lowest BCUT2D eigenvalue weighted by molar-refractivity contribution is 0.234. The average Bonchev–Trinajstić information content (AvgIpc) is 2.94. The van der Waals surface area contributed by atoms with Crippen LogP contribution >= 0.6 is 0 Å². The van der Waals surface area contributed by atoms with E-state index in [2.05, 4.69) is 16.7 Å². The normalized spacial score (nSPS) is 27.0. The van der Waals surface area contributed by atoms with Crippen LogP contribution < -0.4 is 10.6 Å². The summed E-state index contributed by atoms with van der Waals surface area (Å²) in [5.41, 5.74) is 2.45. The number of rotatable bonds is 2. The molecule has 1 aromatic rings. The van der Waals surface area contributed by atoms with E-state index in [0.717, 1.165) is 12.8 Å². The maximum absolute atomic E-state index is 12.0. The predicted octanol–water partition coefficient (Wildman–Crippen LogP) is 1.16. The minimum absolute atomic E-state index is 0.0317. The molecule has 1 aromatic carbocycles. The molecular weight excluding hydrogens is 276 g/mol. The van der Waals surface area contributed by atoms with Gasteiger partial charge in [-0.05, 0) is 30.4 Å². The molecule has 108 valence electrons. The summed E-state index contributed by atoms with van der Waals surface area (Å²) in [5, 5.41) is 5.71. The minimum Gasteiger partial charge on any atom is -0.334 e. The lowest BCUT2D eigenvalue weighted by atomic mass is 10.1. The molecule has 3 rings (SSSR count). The zero-order valence-electron chi connectivity index (χ0n) is 11.1. The Balaban J connectivity index is 1.58. The SMILES string of the molecule is O=C(NC1CCS(=O)(=O)C1)NC1CCc2ccccc21. The Bertz CT molecular complexity index is 627. The molecular formula is C14H18N2O3S. The molecule has 0 radical (unpaired) electrons. The third kappa shape index (κ3) is 2.80. The van der Waals surface area contributed by atoms with Crippen LogP contribution in [0.4, 0.5) is 4.79 Å². The number of carbonyl (C=O) groups excluding carboxylic acids is 1. The molecule has 2 atom stereocenters. The van der Waals surface area contributed by atoms with Gasteiger partial charge in [0.05, 0.1) is 17.5 Å². The van der Waals surface area contributed by atoms with Crippen molar-refractivity contribution in [3.8, 4) is 0 Å². The van der Waals surface area contributed by atoms with E-state index in [9.17, 15) is 13.2 Å². The van der Waals surface area contributed by atoms with Crippen LogP contribution in [0.25, 0.3) is 0 Å². The fourth-order valence-corrected chi connectivity index (χ4v) is 4.67. The number of nitrogens with one attached hydrogen (secondary N) is 2. The lowest BCUT2D eigenvalue weighted by Crippen LogP contribution is -2.43. The number of fused-ring (bicyclic) bond motifs is 1. The zero-order chi connectivity index (χ0) is 14.2. The van der Waals surface area contributed by atoms with Crippen LogP contribution in [-0.2, 0) is 16.3 Å². The van der Waals surface area contributed by atoms with Gasteiger partial charge in [-0.1, -0.05) is 24.3 Å². The second-order valence-electron chi connectivity index (χ2n) is 5.51. The van der Waals surface area contributed by atoms with Gasteiger partial charge in [0, 0.05) is 6.04 Å². The average molecular weight is 294 g/mol. The second kappa shape index (κ2) is 5.09. The molecule has 20 heavy (non-hydrogen) atoms. The molecule has 1 fully saturated rings. The molecule has 1 saturated heterocycles. The largest absolute Gasteiger partial charge is 0.334 e. The topological polar surface area (TPSA) is 75.3 Å². The summed E-state index contributed by atoms with van der Waals surface area (Å²) in [6.45, 7) is 0. The number of sulfone groups is 1. The van der Waals surface area contributed by atoms with Crippen LogP contribution in [0.5, 0.6) is 0 Å². The van der Waals surface area contributed by atoms with Crippen molar-refractivity contribution in [2.24, 2.45) is 0 Å². The molecule has 0 bridgehead atoms. The van der Waals surface area contributed by atoms with E-state index in [1.165, 1.54) is 11.1 Å². The molecule has 2 amide bonds. The number of hydrogen-bond donors (Lipinski definition) is 2. The first kappa shape index (κ1) is 13.4. The minimum atomic E-state index is -2.96. The van der Waals surface area contributed by atoms with Crippen molar-refractivity contribution in [2.45, 2.75) is 31.3 Å². The molecule has 0 aromatic heterocycles. The van der Waals surface area contributed by atoms with E-state index < -0.39 is 9.84 Å². The molecule has 2 unspecified atom stereocenters. The summed E-state index contributed by atoms with van der Waals surface area (Å²) >= 11 is 0. The number of benzene rings is 1. The Labute approximate surface area is 118 Å². The lowest BCUT2D eigenvalue weighted by Gasteiger charge is -2.17. The molecule has 0 saturated carbocycles. The Morgan fingerprint density at radius 2 is 1.95 bits per heavy atom. The van der Waals surface area contributed by atoms with Crippen LogP contribution in [0.2, 0.25) is 0 Å². The third-order valence-electron chi connectivity index (χ3n) is 4.01. The van der Waals surface area contributed by atoms with Crippen LogP contribution in [0.3, 0.4) is 0 Å². The summed E-state index contributed by atoms with van der Waals surface area (Å²) < 4.78 is 22.7. The van der Waals surface area contributed by atoms with Crippen molar-refractivity contribution in [1.82, 2.24) is 10.6 Å². The van der Waals surface area contributed by atoms with E-state index in [1.807, 2.05) is 18.2 Å². The van der Waals surface area contributed by atoms with Crippen LogP contribution in [0.1, 0.15) is 30.0 Å². The van der Waals surface area contributed by atoms with Crippen molar-refractivity contribution in [2.75, 3.05) is 11.5 Å². The summed E-state index contributed by atoms with van der Waals surface area (Å²) in [5.74, 6) is 0.228. The van der Waals surface area contributed by atoms with Crippen molar-refractivity contribution >= 4 is 15.9 Å². The Morgan fingerprint density at radius 1 is 1.15 bits per heavy atom. The molecule has 1 aliphatic heterocycles. The van der Waals surface area contributed by atoms with Crippen LogP contribution in [0, 0.1) is 0 Å². The van der Waals surface area contributed by atoms with Gasteiger partial charge in [-0.25, -0.2) is 13.2 Å². The van der Waals surface area contributed by atoms with Gasteiger partial charge in [-0.3, -0.25) is 0 Å². The smallest absolute Gasteiger partial charge is 0.315 e. The number of urea groups is 1. The molecule has 0 spiro atoms. The highest BCUT2D eigenvalue weighted by Crippen LogP contribution is 2.30. The monoisotopic (exact) mass is 294 g/mol. The number of amides is 2. The van der Waals surface area contributed by atoms with E-state index >= 15 is 0 Å². The van der Waals surface area contributed by atoms with Gasteiger partial charge >= 0.3 is 6.03 Å². The summed E-state index contributed by atoms with van der Waals surface area (Å²) in [6, 6.07) is 7.60. The second-order valence-corrected chi connectivity index (χ2v) is 7.74. The summed E-state index contributed by atoms with van der Waals surface area (Å²) in [6.07, 6.45) is 2.38. The molecule has 5 nitrogen and oxygen atoms in total. The van der Waals surface area contributed by atoms with Gasteiger partial charge < -0.3 is 10.6 Å². The van der Waals surface area contributed by atoms with Crippen molar-refractivity contribution in [3.63, 3.8) is 0 Å². The molecule has 2 N–H and O–H groups in total. The number of aryl methyl sites for hydroxylation is 1. The van der Waals surface area contributed by atoms with E-state index in [-0.39, 0.29) is 29.6 Å². The third-order valence-corrected chi connectivity index (χ3v) is 5.77. The maximum Gasteiger partial charge on any atom is 0.315 e. The summed E-state index contributed by atoms with van der Waals surface area (Å²) in [4.78, 5) is 12.0. The van der Waals surface area contributed by atoms with E-state index in [0.29, 0.717) is 6.42 Å². The molecule has 1 aliphatic carbocycles. The van der Waals surface area contributed by atoms with Crippen molar-refractivity contribution in [1.29, 1.82) is 0 Å². The highest BCUT2D eigenvalue weighted by atomic mass is 32.2. The highest BCUT2D eigenvalue weighted by Gasteiger charge is 2.30. The molecule has 6 heteroatoms. The first-order valence-electron chi connectivity index (χ1n) is 6.89. The van der Waals surface area contributed by atoms with Crippen LogP contribution in [-0.4, -0.2) is 32.0 Å². The van der Waals surface area contributed by atoms with Gasteiger partial charge in [0.15, 0.2) is 9.84 Å². The van der Waals surface area contributed by atoms with Gasteiger partial charge in [-0.2, -0.15) is 0 Å². The van der Waals surface area contributed by atoms with Crippen molar-refractivity contribution < 1.29 is 13.2 Å². The summed E-state index contributed by atoms with van der Waals surface area (Å²) in [7, 11) is -2.96. The van der Waals surface area contributed by atoms with Crippen LogP contribution in [0.15, 0.2) is 24.3 Å². The first-order chi connectivity index (χ1) is 9.53. The van der Waals surface area contributed by atoms with Gasteiger partial charge in [0.2, 0.25) is 0 Å².